The molecule has 110 valence electrons. The summed E-state index contributed by atoms with van der Waals surface area (Å²) in [4.78, 5) is 23.0. The van der Waals surface area contributed by atoms with Crippen molar-refractivity contribution in [2.24, 2.45) is 17.8 Å². The van der Waals surface area contributed by atoms with Crippen LogP contribution in [-0.4, -0.2) is 23.7 Å². The number of carbonyl (C=O) groups is 2. The molecule has 4 heteroatoms. The van der Waals surface area contributed by atoms with Crippen LogP contribution in [0.3, 0.4) is 0 Å². The second-order valence-electron chi connectivity index (χ2n) is 5.89. The number of rotatable bonds is 7. The number of ether oxygens (including phenoxy) is 1. The normalized spacial score (nSPS) is 23.3. The van der Waals surface area contributed by atoms with Crippen LogP contribution in [0.1, 0.15) is 58.8 Å². The molecule has 0 bridgehead atoms. The molecule has 0 saturated heterocycles. The van der Waals surface area contributed by atoms with Crippen LogP contribution in [0.2, 0.25) is 0 Å². The Morgan fingerprint density at radius 1 is 1.16 bits per heavy atom. The van der Waals surface area contributed by atoms with Gasteiger partial charge in [-0.1, -0.05) is 33.1 Å². The van der Waals surface area contributed by atoms with Gasteiger partial charge in [-0.15, -0.1) is 0 Å². The quantitative estimate of drug-likeness (QED) is 0.569. The van der Waals surface area contributed by atoms with Crippen molar-refractivity contribution >= 4 is 11.9 Å². The zero-order valence-corrected chi connectivity index (χ0v) is 12.1. The smallest absolute Gasteiger partial charge is 0.309 e. The van der Waals surface area contributed by atoms with Crippen molar-refractivity contribution in [1.29, 1.82) is 0 Å². The highest BCUT2D eigenvalue weighted by Gasteiger charge is 2.36. The molecule has 1 aliphatic rings. The average molecular weight is 270 g/mol. The Balaban J connectivity index is 2.29. The summed E-state index contributed by atoms with van der Waals surface area (Å²) >= 11 is 0. The average Bonchev–Trinajstić information content (AvgIpc) is 2.37. The van der Waals surface area contributed by atoms with Crippen molar-refractivity contribution in [2.75, 3.05) is 6.61 Å². The molecule has 0 heterocycles. The van der Waals surface area contributed by atoms with Gasteiger partial charge in [0.15, 0.2) is 0 Å². The van der Waals surface area contributed by atoms with Gasteiger partial charge < -0.3 is 9.84 Å². The number of hydrogen-bond acceptors (Lipinski definition) is 3. The molecule has 0 aromatic carbocycles. The Labute approximate surface area is 115 Å². The number of unbranched alkanes of at least 4 members (excludes halogenated alkanes) is 1. The summed E-state index contributed by atoms with van der Waals surface area (Å²) in [5.74, 6) is -1.48. The predicted molar refractivity (Wildman–Crippen MR) is 72.7 cm³/mol. The maximum Gasteiger partial charge on any atom is 0.309 e. The number of hydrogen-bond donors (Lipinski definition) is 1. The number of carbonyl (C=O) groups excluding carboxylic acids is 1. The maximum atomic E-state index is 11.9. The molecule has 1 fully saturated rings. The largest absolute Gasteiger partial charge is 0.481 e. The molecule has 19 heavy (non-hydrogen) atoms. The molecular formula is C15H26O4. The van der Waals surface area contributed by atoms with E-state index in [0.717, 1.165) is 32.1 Å². The predicted octanol–water partition coefficient (Wildman–Crippen LogP) is 3.25. The van der Waals surface area contributed by atoms with Crippen molar-refractivity contribution < 1.29 is 19.4 Å². The minimum Gasteiger partial charge on any atom is -0.481 e. The van der Waals surface area contributed by atoms with Gasteiger partial charge in [0.05, 0.1) is 18.4 Å². The van der Waals surface area contributed by atoms with Gasteiger partial charge in [0.1, 0.15) is 0 Å². The van der Waals surface area contributed by atoms with E-state index in [9.17, 15) is 9.59 Å². The van der Waals surface area contributed by atoms with Crippen LogP contribution >= 0.6 is 0 Å². The minimum atomic E-state index is -0.860. The van der Waals surface area contributed by atoms with Crippen LogP contribution < -0.4 is 0 Å². The highest BCUT2D eigenvalue weighted by molar-refractivity contribution is 5.81. The molecule has 1 saturated carbocycles. The summed E-state index contributed by atoms with van der Waals surface area (Å²) in [6.07, 6.45) is 6.14. The van der Waals surface area contributed by atoms with Crippen molar-refractivity contribution in [3.63, 3.8) is 0 Å². The third kappa shape index (κ3) is 5.62. The van der Waals surface area contributed by atoms with Crippen molar-refractivity contribution in [2.45, 2.75) is 58.8 Å². The molecule has 1 N–H and O–H groups in total. The first kappa shape index (κ1) is 16.0. The lowest BCUT2D eigenvalue weighted by molar-refractivity contribution is -0.159. The molecule has 2 atom stereocenters. The number of carboxylic acids is 1. The Kier molecular flexibility index (Phi) is 6.89. The van der Waals surface area contributed by atoms with Crippen LogP contribution in [0.25, 0.3) is 0 Å². The van der Waals surface area contributed by atoms with E-state index < -0.39 is 17.8 Å². The Morgan fingerprint density at radius 3 is 2.37 bits per heavy atom. The van der Waals surface area contributed by atoms with E-state index in [4.69, 9.17) is 9.84 Å². The first-order chi connectivity index (χ1) is 9.02. The monoisotopic (exact) mass is 270 g/mol. The molecule has 0 spiro atoms. The summed E-state index contributed by atoms with van der Waals surface area (Å²) < 4.78 is 5.24. The van der Waals surface area contributed by atoms with Crippen LogP contribution in [-0.2, 0) is 14.3 Å². The topological polar surface area (TPSA) is 63.6 Å². The van der Waals surface area contributed by atoms with Gasteiger partial charge in [0.2, 0.25) is 0 Å². The molecule has 0 radical (unpaired) electrons. The third-order valence-corrected chi connectivity index (χ3v) is 3.81. The zero-order chi connectivity index (χ0) is 14.3. The summed E-state index contributed by atoms with van der Waals surface area (Å²) in [5.41, 5.74) is 0. The molecule has 1 aliphatic carbocycles. The lowest BCUT2D eigenvalue weighted by atomic mass is 9.79. The highest BCUT2D eigenvalue weighted by atomic mass is 16.5. The first-order valence-corrected chi connectivity index (χ1v) is 7.41. The molecule has 0 amide bonds. The fraction of sp³-hybridized carbons (Fsp3) is 0.867. The van der Waals surface area contributed by atoms with Crippen LogP contribution in [0.4, 0.5) is 0 Å². The van der Waals surface area contributed by atoms with E-state index in [1.165, 1.54) is 0 Å². The molecule has 0 aromatic heterocycles. The molecule has 4 nitrogen and oxygen atoms in total. The summed E-state index contributed by atoms with van der Waals surface area (Å²) in [7, 11) is 0. The molecule has 0 aromatic rings. The highest BCUT2D eigenvalue weighted by Crippen LogP contribution is 2.31. The maximum absolute atomic E-state index is 11.9. The lowest BCUT2D eigenvalue weighted by Crippen LogP contribution is -2.33. The Bertz CT molecular complexity index is 299. The lowest BCUT2D eigenvalue weighted by Gasteiger charge is -2.26. The third-order valence-electron chi connectivity index (χ3n) is 3.81. The van der Waals surface area contributed by atoms with E-state index in [1.807, 2.05) is 0 Å². The summed E-state index contributed by atoms with van der Waals surface area (Å²) in [5, 5.41) is 9.12. The molecular weight excluding hydrogens is 244 g/mol. The van der Waals surface area contributed by atoms with Crippen molar-refractivity contribution in [3.05, 3.63) is 0 Å². The molecule has 2 unspecified atom stereocenters. The van der Waals surface area contributed by atoms with Gasteiger partial charge in [-0.3, -0.25) is 9.59 Å². The fourth-order valence-electron chi connectivity index (χ4n) is 2.64. The van der Waals surface area contributed by atoms with Gasteiger partial charge in [0, 0.05) is 0 Å². The summed E-state index contributed by atoms with van der Waals surface area (Å²) in [6, 6.07) is 0. The van der Waals surface area contributed by atoms with E-state index in [2.05, 4.69) is 13.8 Å². The second kappa shape index (κ2) is 8.18. The van der Waals surface area contributed by atoms with Gasteiger partial charge in [-0.25, -0.2) is 0 Å². The Hall–Kier alpha value is -1.06. The fourth-order valence-corrected chi connectivity index (χ4v) is 2.64. The van der Waals surface area contributed by atoms with Crippen molar-refractivity contribution in [1.82, 2.24) is 0 Å². The minimum absolute atomic E-state index is 0.309. The number of esters is 1. The van der Waals surface area contributed by atoms with Gasteiger partial charge in [-0.05, 0) is 31.6 Å². The molecule has 0 aliphatic heterocycles. The van der Waals surface area contributed by atoms with E-state index in [1.54, 1.807) is 0 Å². The van der Waals surface area contributed by atoms with E-state index >= 15 is 0 Å². The van der Waals surface area contributed by atoms with Crippen molar-refractivity contribution in [3.8, 4) is 0 Å². The summed E-state index contributed by atoms with van der Waals surface area (Å²) in [6.45, 7) is 4.77. The zero-order valence-electron chi connectivity index (χ0n) is 12.1. The first-order valence-electron chi connectivity index (χ1n) is 7.41. The number of aliphatic carboxylic acids is 1. The van der Waals surface area contributed by atoms with Gasteiger partial charge in [0.25, 0.3) is 0 Å². The van der Waals surface area contributed by atoms with Crippen LogP contribution in [0.5, 0.6) is 0 Å². The van der Waals surface area contributed by atoms with E-state index in [-0.39, 0.29) is 5.97 Å². The molecule has 1 rings (SSSR count). The SMILES string of the molecule is CC(C)CCCCOC(=O)C1CCCCC1C(=O)O. The van der Waals surface area contributed by atoms with Gasteiger partial charge >= 0.3 is 11.9 Å². The number of carboxylic acid groups (broad SMARTS) is 1. The van der Waals surface area contributed by atoms with Gasteiger partial charge in [-0.2, -0.15) is 0 Å². The van der Waals surface area contributed by atoms with Crippen LogP contribution in [0, 0.1) is 17.8 Å². The second-order valence-corrected chi connectivity index (χ2v) is 5.89. The standard InChI is InChI=1S/C15H26O4/c1-11(2)7-5-6-10-19-15(18)13-9-4-3-8-12(13)14(16)17/h11-13H,3-10H2,1-2H3,(H,16,17). The Morgan fingerprint density at radius 2 is 1.79 bits per heavy atom. The van der Waals surface area contributed by atoms with Crippen LogP contribution in [0.15, 0.2) is 0 Å². The van der Waals surface area contributed by atoms with E-state index in [0.29, 0.717) is 25.4 Å².